The Morgan fingerprint density at radius 3 is 2.48 bits per heavy atom. The molecular formula is C22H24N6O. The zero-order chi connectivity index (χ0) is 20.1. The molecule has 3 aromatic rings. The van der Waals surface area contributed by atoms with Crippen LogP contribution in [0.3, 0.4) is 0 Å². The number of nitrogens with zero attached hydrogens (tertiary/aromatic N) is 5. The molecule has 1 N–H and O–H groups in total. The zero-order valence-corrected chi connectivity index (χ0v) is 16.5. The minimum Gasteiger partial charge on any atom is -0.381 e. The Morgan fingerprint density at radius 1 is 0.966 bits per heavy atom. The van der Waals surface area contributed by atoms with Crippen molar-refractivity contribution < 1.29 is 4.79 Å². The molecule has 0 bridgehead atoms. The highest BCUT2D eigenvalue weighted by Crippen LogP contribution is 2.16. The lowest BCUT2D eigenvalue weighted by atomic mass is 10.1. The number of nitrogens with one attached hydrogen (secondary N) is 1. The van der Waals surface area contributed by atoms with Gasteiger partial charge in [-0.15, -0.1) is 0 Å². The minimum absolute atomic E-state index is 0.0434. The number of hydrogen-bond acceptors (Lipinski definition) is 6. The quantitative estimate of drug-likeness (QED) is 0.724. The highest BCUT2D eigenvalue weighted by molar-refractivity contribution is 5.93. The SMILES string of the molecule is Cc1ccccc1CNc1ccnc(C(=O)N2CCN(c3ncccn3)CC2)c1. The van der Waals surface area contributed by atoms with Crippen LogP contribution in [0.15, 0.2) is 61.1 Å². The third kappa shape index (κ3) is 4.51. The van der Waals surface area contributed by atoms with Gasteiger partial charge in [-0.1, -0.05) is 24.3 Å². The van der Waals surface area contributed by atoms with E-state index in [9.17, 15) is 4.79 Å². The predicted octanol–water partition coefficient (Wildman–Crippen LogP) is 2.75. The predicted molar refractivity (Wildman–Crippen MR) is 113 cm³/mol. The van der Waals surface area contributed by atoms with Gasteiger partial charge in [-0.3, -0.25) is 9.78 Å². The normalized spacial score (nSPS) is 14.0. The van der Waals surface area contributed by atoms with Crippen molar-refractivity contribution in [3.63, 3.8) is 0 Å². The van der Waals surface area contributed by atoms with Crippen LogP contribution in [0.4, 0.5) is 11.6 Å². The topological polar surface area (TPSA) is 74.2 Å². The fourth-order valence-corrected chi connectivity index (χ4v) is 3.39. The molecule has 7 heteroatoms. The first-order valence-electron chi connectivity index (χ1n) is 9.76. The van der Waals surface area contributed by atoms with Crippen molar-refractivity contribution in [3.8, 4) is 0 Å². The summed E-state index contributed by atoms with van der Waals surface area (Å²) in [5, 5.41) is 3.39. The van der Waals surface area contributed by atoms with Crippen LogP contribution in [-0.2, 0) is 6.54 Å². The fraction of sp³-hybridized carbons (Fsp3) is 0.273. The summed E-state index contributed by atoms with van der Waals surface area (Å²) in [7, 11) is 0. The summed E-state index contributed by atoms with van der Waals surface area (Å²) in [6.45, 7) is 5.47. The van der Waals surface area contributed by atoms with Crippen LogP contribution in [0.1, 0.15) is 21.6 Å². The summed E-state index contributed by atoms with van der Waals surface area (Å²) in [4.78, 5) is 29.7. The lowest BCUT2D eigenvalue weighted by Crippen LogP contribution is -2.49. The number of aromatic nitrogens is 3. The molecule has 2 aromatic heterocycles. The molecule has 1 saturated heterocycles. The second-order valence-corrected chi connectivity index (χ2v) is 7.04. The van der Waals surface area contributed by atoms with E-state index in [1.54, 1.807) is 24.7 Å². The maximum absolute atomic E-state index is 12.9. The van der Waals surface area contributed by atoms with Gasteiger partial charge >= 0.3 is 0 Å². The number of piperazine rings is 1. The van der Waals surface area contributed by atoms with E-state index in [0.717, 1.165) is 5.69 Å². The number of hydrogen-bond donors (Lipinski definition) is 1. The molecular weight excluding hydrogens is 364 g/mol. The number of amides is 1. The average Bonchev–Trinajstić information content (AvgIpc) is 2.79. The van der Waals surface area contributed by atoms with Crippen LogP contribution >= 0.6 is 0 Å². The molecule has 1 amide bonds. The van der Waals surface area contributed by atoms with Gasteiger partial charge in [0.05, 0.1) is 0 Å². The molecule has 1 aliphatic rings. The van der Waals surface area contributed by atoms with Gasteiger partial charge in [-0.05, 0) is 36.2 Å². The van der Waals surface area contributed by atoms with Crippen molar-refractivity contribution in [2.24, 2.45) is 0 Å². The Balaban J connectivity index is 1.37. The molecule has 3 heterocycles. The summed E-state index contributed by atoms with van der Waals surface area (Å²) in [5.74, 6) is 0.665. The van der Waals surface area contributed by atoms with Crippen LogP contribution in [0.25, 0.3) is 0 Å². The van der Waals surface area contributed by atoms with Gasteiger partial charge < -0.3 is 15.1 Å². The van der Waals surface area contributed by atoms with Gasteiger partial charge in [0.15, 0.2) is 0 Å². The monoisotopic (exact) mass is 388 g/mol. The molecule has 1 aromatic carbocycles. The molecule has 0 aliphatic carbocycles. The van der Waals surface area contributed by atoms with Gasteiger partial charge in [0.2, 0.25) is 5.95 Å². The molecule has 29 heavy (non-hydrogen) atoms. The van der Waals surface area contributed by atoms with E-state index < -0.39 is 0 Å². The van der Waals surface area contributed by atoms with Gasteiger partial charge in [-0.25, -0.2) is 9.97 Å². The Labute approximate surface area is 170 Å². The van der Waals surface area contributed by atoms with Crippen LogP contribution in [0, 0.1) is 6.92 Å². The van der Waals surface area contributed by atoms with E-state index in [1.807, 2.05) is 29.2 Å². The van der Waals surface area contributed by atoms with Crippen molar-refractivity contribution in [1.82, 2.24) is 19.9 Å². The van der Waals surface area contributed by atoms with Crippen LogP contribution in [0.2, 0.25) is 0 Å². The number of anilines is 2. The van der Waals surface area contributed by atoms with Crippen molar-refractivity contribution in [3.05, 3.63) is 77.9 Å². The molecule has 0 radical (unpaired) electrons. The first kappa shape index (κ1) is 18.9. The third-order valence-electron chi connectivity index (χ3n) is 5.13. The van der Waals surface area contributed by atoms with E-state index in [2.05, 4.69) is 44.2 Å². The molecule has 0 unspecified atom stereocenters. The second-order valence-electron chi connectivity index (χ2n) is 7.04. The minimum atomic E-state index is -0.0434. The molecule has 1 aliphatic heterocycles. The van der Waals surface area contributed by atoms with Gasteiger partial charge in [0, 0.05) is 57.0 Å². The van der Waals surface area contributed by atoms with Crippen molar-refractivity contribution in [2.45, 2.75) is 13.5 Å². The first-order valence-corrected chi connectivity index (χ1v) is 9.76. The van der Waals surface area contributed by atoms with Crippen LogP contribution < -0.4 is 10.2 Å². The number of pyridine rings is 1. The number of carbonyl (C=O) groups excluding carboxylic acids is 1. The van der Waals surface area contributed by atoms with Crippen molar-refractivity contribution in [2.75, 3.05) is 36.4 Å². The van der Waals surface area contributed by atoms with Gasteiger partial charge in [0.25, 0.3) is 5.91 Å². The summed E-state index contributed by atoms with van der Waals surface area (Å²) < 4.78 is 0. The standard InChI is InChI=1S/C22H24N6O/c1-17-5-2-3-6-18(17)16-26-19-7-10-23-20(15-19)21(29)27-11-13-28(14-12-27)22-24-8-4-9-25-22/h2-10,15H,11-14,16H2,1H3,(H,23,26). The lowest BCUT2D eigenvalue weighted by molar-refractivity contribution is 0.0740. The number of carbonyl (C=O) groups is 1. The first-order chi connectivity index (χ1) is 14.2. The van der Waals surface area contributed by atoms with Crippen molar-refractivity contribution >= 4 is 17.5 Å². The van der Waals surface area contributed by atoms with E-state index in [-0.39, 0.29) is 5.91 Å². The lowest BCUT2D eigenvalue weighted by Gasteiger charge is -2.34. The Kier molecular flexibility index (Phi) is 5.65. The number of benzene rings is 1. The number of rotatable bonds is 5. The molecule has 4 rings (SSSR count). The van der Waals surface area contributed by atoms with E-state index in [1.165, 1.54) is 11.1 Å². The van der Waals surface area contributed by atoms with E-state index in [0.29, 0.717) is 44.4 Å². The molecule has 0 saturated carbocycles. The molecule has 0 atom stereocenters. The largest absolute Gasteiger partial charge is 0.381 e. The second kappa shape index (κ2) is 8.68. The smallest absolute Gasteiger partial charge is 0.272 e. The maximum atomic E-state index is 12.9. The number of aryl methyl sites for hydroxylation is 1. The molecule has 7 nitrogen and oxygen atoms in total. The summed E-state index contributed by atoms with van der Waals surface area (Å²) in [5.41, 5.74) is 3.83. The summed E-state index contributed by atoms with van der Waals surface area (Å²) in [6.07, 6.45) is 5.15. The van der Waals surface area contributed by atoms with Crippen LogP contribution in [0.5, 0.6) is 0 Å². The van der Waals surface area contributed by atoms with E-state index >= 15 is 0 Å². The van der Waals surface area contributed by atoms with E-state index in [4.69, 9.17) is 0 Å². The van der Waals surface area contributed by atoms with Crippen LogP contribution in [-0.4, -0.2) is 51.9 Å². The Morgan fingerprint density at radius 2 is 1.72 bits per heavy atom. The highest BCUT2D eigenvalue weighted by atomic mass is 16.2. The van der Waals surface area contributed by atoms with Crippen molar-refractivity contribution in [1.29, 1.82) is 0 Å². The summed E-state index contributed by atoms with van der Waals surface area (Å²) >= 11 is 0. The van der Waals surface area contributed by atoms with Gasteiger partial charge in [-0.2, -0.15) is 0 Å². The average molecular weight is 388 g/mol. The Bertz CT molecular complexity index is 970. The third-order valence-corrected chi connectivity index (χ3v) is 5.13. The fourth-order valence-electron chi connectivity index (χ4n) is 3.39. The molecule has 0 spiro atoms. The summed E-state index contributed by atoms with van der Waals surface area (Å²) in [6, 6.07) is 13.8. The Hall–Kier alpha value is -3.48. The van der Waals surface area contributed by atoms with Gasteiger partial charge in [0.1, 0.15) is 5.69 Å². The maximum Gasteiger partial charge on any atom is 0.272 e. The molecule has 148 valence electrons. The molecule has 1 fully saturated rings. The highest BCUT2D eigenvalue weighted by Gasteiger charge is 2.24. The zero-order valence-electron chi connectivity index (χ0n) is 16.5.